The highest BCUT2D eigenvalue weighted by Gasteiger charge is 2.41. The first-order valence-electron chi connectivity index (χ1n) is 8.76. The van der Waals surface area contributed by atoms with Crippen molar-refractivity contribution in [2.24, 2.45) is 11.8 Å². The van der Waals surface area contributed by atoms with Crippen LogP contribution in [0, 0.1) is 25.7 Å². The molecule has 0 amide bonds. The highest BCUT2D eigenvalue weighted by molar-refractivity contribution is 7.09. The molecule has 0 aliphatic carbocycles. The summed E-state index contributed by atoms with van der Waals surface area (Å²) in [5, 5.41) is 0.982. The van der Waals surface area contributed by atoms with Crippen molar-refractivity contribution >= 4 is 22.5 Å². The number of anilines is 2. The van der Waals surface area contributed by atoms with Crippen LogP contribution in [0.2, 0.25) is 0 Å². The monoisotopic (exact) mass is 359 g/mol. The molecule has 7 nitrogen and oxygen atoms in total. The smallest absolute Gasteiger partial charge is 0.204 e. The second kappa shape index (κ2) is 6.49. The Morgan fingerprint density at radius 2 is 1.84 bits per heavy atom. The summed E-state index contributed by atoms with van der Waals surface area (Å²) in [5.41, 5.74) is 2.29. The molecule has 8 heteroatoms. The Balaban J connectivity index is 1.38. The summed E-state index contributed by atoms with van der Waals surface area (Å²) in [7, 11) is 4.02. The average Bonchev–Trinajstić information content (AvgIpc) is 3.25. The zero-order chi connectivity index (χ0) is 17.6. The fourth-order valence-electron chi connectivity index (χ4n) is 3.93. The molecule has 0 spiro atoms. The van der Waals surface area contributed by atoms with Gasteiger partial charge in [-0.1, -0.05) is 0 Å². The van der Waals surface area contributed by atoms with Gasteiger partial charge in [0, 0.05) is 63.1 Å². The number of fused-ring (bicyclic) bond motifs is 1. The van der Waals surface area contributed by atoms with Crippen LogP contribution in [0.3, 0.4) is 0 Å². The van der Waals surface area contributed by atoms with Gasteiger partial charge in [-0.3, -0.25) is 4.90 Å². The zero-order valence-electron chi connectivity index (χ0n) is 15.3. The number of hydrogen-bond donors (Lipinski definition) is 0. The maximum Gasteiger partial charge on any atom is 0.204 e. The van der Waals surface area contributed by atoms with Gasteiger partial charge in [-0.15, -0.1) is 0 Å². The van der Waals surface area contributed by atoms with E-state index in [4.69, 9.17) is 0 Å². The van der Waals surface area contributed by atoms with Gasteiger partial charge in [-0.05, 0) is 25.7 Å². The van der Waals surface area contributed by atoms with Gasteiger partial charge in [0.25, 0.3) is 0 Å². The largest absolute Gasteiger partial charge is 0.356 e. The fraction of sp³-hybridized carbons (Fsp3) is 0.647. The SMILES string of the molecule is Cc1ncnc(N2CC3CN(Cc4nsc(N(C)C)n4)CC3C2)c1C. The lowest BCUT2D eigenvalue weighted by atomic mass is 10.0. The van der Waals surface area contributed by atoms with Gasteiger partial charge in [0.05, 0.1) is 6.54 Å². The van der Waals surface area contributed by atoms with Gasteiger partial charge < -0.3 is 9.80 Å². The van der Waals surface area contributed by atoms with Crippen LogP contribution in [0.25, 0.3) is 0 Å². The molecule has 2 aliphatic rings. The van der Waals surface area contributed by atoms with E-state index in [1.807, 2.05) is 19.0 Å². The molecule has 0 saturated carbocycles. The highest BCUT2D eigenvalue weighted by atomic mass is 32.1. The molecule has 2 unspecified atom stereocenters. The Morgan fingerprint density at radius 3 is 2.48 bits per heavy atom. The molecule has 4 rings (SSSR count). The molecule has 2 fully saturated rings. The van der Waals surface area contributed by atoms with E-state index in [1.54, 1.807) is 6.33 Å². The third kappa shape index (κ3) is 3.20. The summed E-state index contributed by atoms with van der Waals surface area (Å²) >= 11 is 1.48. The van der Waals surface area contributed by atoms with E-state index >= 15 is 0 Å². The summed E-state index contributed by atoms with van der Waals surface area (Å²) in [6.45, 7) is 9.48. The highest BCUT2D eigenvalue weighted by Crippen LogP contribution is 2.35. The zero-order valence-corrected chi connectivity index (χ0v) is 16.1. The van der Waals surface area contributed by atoms with Crippen molar-refractivity contribution in [3.05, 3.63) is 23.4 Å². The molecule has 2 atom stereocenters. The lowest BCUT2D eigenvalue weighted by molar-refractivity contribution is 0.302. The van der Waals surface area contributed by atoms with Crippen LogP contribution in [0.1, 0.15) is 17.1 Å². The summed E-state index contributed by atoms with van der Waals surface area (Å²) < 4.78 is 4.50. The van der Waals surface area contributed by atoms with E-state index in [0.717, 1.165) is 55.2 Å². The van der Waals surface area contributed by atoms with Crippen molar-refractivity contribution in [3.8, 4) is 0 Å². The molecule has 2 aromatic rings. The molecule has 2 aromatic heterocycles. The lowest BCUT2D eigenvalue weighted by Gasteiger charge is -2.23. The van der Waals surface area contributed by atoms with Gasteiger partial charge in [-0.2, -0.15) is 4.37 Å². The molecular formula is C17H25N7S. The molecule has 0 radical (unpaired) electrons. The van der Waals surface area contributed by atoms with Crippen LogP contribution < -0.4 is 9.80 Å². The van der Waals surface area contributed by atoms with Crippen molar-refractivity contribution < 1.29 is 0 Å². The molecule has 2 saturated heterocycles. The van der Waals surface area contributed by atoms with E-state index < -0.39 is 0 Å². The minimum absolute atomic E-state index is 0.710. The van der Waals surface area contributed by atoms with Crippen LogP contribution in [0.15, 0.2) is 6.33 Å². The van der Waals surface area contributed by atoms with Gasteiger partial charge in [0.2, 0.25) is 5.13 Å². The fourth-order valence-corrected chi connectivity index (χ4v) is 4.52. The Morgan fingerprint density at radius 1 is 1.12 bits per heavy atom. The van der Waals surface area contributed by atoms with Gasteiger partial charge in [0.15, 0.2) is 5.82 Å². The summed E-state index contributed by atoms with van der Waals surface area (Å²) in [5.74, 6) is 3.49. The molecule has 134 valence electrons. The van der Waals surface area contributed by atoms with Crippen LogP contribution in [0.5, 0.6) is 0 Å². The van der Waals surface area contributed by atoms with Crippen LogP contribution >= 0.6 is 11.5 Å². The van der Waals surface area contributed by atoms with E-state index in [-0.39, 0.29) is 0 Å². The van der Waals surface area contributed by atoms with Gasteiger partial charge in [-0.25, -0.2) is 15.0 Å². The quantitative estimate of drug-likeness (QED) is 0.821. The van der Waals surface area contributed by atoms with E-state index in [9.17, 15) is 0 Å². The Labute approximate surface area is 152 Å². The first-order chi connectivity index (χ1) is 12.0. The van der Waals surface area contributed by atoms with Crippen molar-refractivity contribution in [2.45, 2.75) is 20.4 Å². The maximum atomic E-state index is 4.62. The number of likely N-dealkylation sites (tertiary alicyclic amines) is 1. The van der Waals surface area contributed by atoms with Gasteiger partial charge in [0.1, 0.15) is 12.1 Å². The van der Waals surface area contributed by atoms with Crippen molar-refractivity contribution in [3.63, 3.8) is 0 Å². The van der Waals surface area contributed by atoms with Crippen LogP contribution in [-0.2, 0) is 6.54 Å². The maximum absolute atomic E-state index is 4.62. The third-order valence-corrected chi connectivity index (χ3v) is 6.30. The van der Waals surface area contributed by atoms with E-state index in [2.05, 4.69) is 43.0 Å². The Kier molecular flexibility index (Phi) is 4.33. The van der Waals surface area contributed by atoms with Crippen molar-refractivity contribution in [1.82, 2.24) is 24.2 Å². The van der Waals surface area contributed by atoms with Gasteiger partial charge >= 0.3 is 0 Å². The summed E-state index contributed by atoms with van der Waals surface area (Å²) in [6.07, 6.45) is 1.69. The van der Waals surface area contributed by atoms with E-state index in [0.29, 0.717) is 11.8 Å². The van der Waals surface area contributed by atoms with Crippen LogP contribution in [0.4, 0.5) is 10.9 Å². The molecule has 2 aliphatic heterocycles. The lowest BCUT2D eigenvalue weighted by Crippen LogP contribution is -2.30. The molecular weight excluding hydrogens is 334 g/mol. The Bertz CT molecular complexity index is 745. The van der Waals surface area contributed by atoms with E-state index in [1.165, 1.54) is 17.1 Å². The number of hydrogen-bond acceptors (Lipinski definition) is 8. The minimum Gasteiger partial charge on any atom is -0.356 e. The summed E-state index contributed by atoms with van der Waals surface area (Å²) in [6, 6.07) is 0. The van der Waals surface area contributed by atoms with Crippen LogP contribution in [-0.4, -0.2) is 64.5 Å². The minimum atomic E-state index is 0.710. The predicted molar refractivity (Wildman–Crippen MR) is 100 cm³/mol. The molecule has 0 bridgehead atoms. The number of rotatable bonds is 4. The van der Waals surface area contributed by atoms with Crippen molar-refractivity contribution in [2.75, 3.05) is 50.1 Å². The average molecular weight is 360 g/mol. The number of aromatic nitrogens is 4. The second-order valence-electron chi connectivity index (χ2n) is 7.41. The van der Waals surface area contributed by atoms with Crippen molar-refractivity contribution in [1.29, 1.82) is 0 Å². The first-order valence-corrected chi connectivity index (χ1v) is 9.54. The normalized spacial score (nSPS) is 23.3. The number of aryl methyl sites for hydroxylation is 1. The third-order valence-electron chi connectivity index (χ3n) is 5.38. The molecule has 0 N–H and O–H groups in total. The molecule has 4 heterocycles. The molecule has 0 aromatic carbocycles. The standard InChI is InChI=1S/C17H25N7S/c1-11-12(2)18-10-19-16(11)24-7-13-5-23(6-14(13)8-24)9-15-20-17(22(3)4)25-21-15/h10,13-14H,5-9H2,1-4H3. The summed E-state index contributed by atoms with van der Waals surface area (Å²) in [4.78, 5) is 20.4. The second-order valence-corrected chi connectivity index (χ2v) is 8.14. The predicted octanol–water partition coefficient (Wildman–Crippen LogP) is 1.58. The topological polar surface area (TPSA) is 61.3 Å². The Hall–Kier alpha value is -1.80. The first kappa shape index (κ1) is 16.7. The molecule has 25 heavy (non-hydrogen) atoms. The number of nitrogens with zero attached hydrogens (tertiary/aromatic N) is 7.